The second-order valence-electron chi connectivity index (χ2n) is 6.40. The van der Waals surface area contributed by atoms with Gasteiger partial charge in [0.15, 0.2) is 5.96 Å². The smallest absolute Gasteiger partial charge is 0.191 e. The summed E-state index contributed by atoms with van der Waals surface area (Å²) < 4.78 is 7.91. The largest absolute Gasteiger partial charge is 0.459 e. The number of aliphatic imine (C=N–C) groups is 1. The van der Waals surface area contributed by atoms with Crippen LogP contribution < -0.4 is 10.6 Å². The third kappa shape index (κ3) is 4.45. The molecule has 138 valence electrons. The number of furan rings is 1. The summed E-state index contributed by atoms with van der Waals surface area (Å²) >= 11 is 0. The second kappa shape index (κ2) is 8.56. The van der Waals surface area contributed by atoms with E-state index in [0.29, 0.717) is 6.54 Å². The summed E-state index contributed by atoms with van der Waals surface area (Å²) in [5, 5.41) is 12.1. The summed E-state index contributed by atoms with van der Waals surface area (Å²) in [4.78, 5) is 4.67. The number of para-hydroxylation sites is 1. The van der Waals surface area contributed by atoms with Gasteiger partial charge in [0.2, 0.25) is 0 Å². The molecule has 0 aliphatic heterocycles. The maximum absolute atomic E-state index is 5.94. The predicted octanol–water partition coefficient (Wildman–Crippen LogP) is 3.39. The van der Waals surface area contributed by atoms with Crippen LogP contribution in [-0.4, -0.2) is 28.8 Å². The lowest BCUT2D eigenvalue weighted by Gasteiger charge is -2.11. The SMILES string of the molecule is CCNC(=NCc1oc2ccccc2c1C)NCCCn1cc(C)cn1. The Labute approximate surface area is 154 Å². The van der Waals surface area contributed by atoms with Crippen molar-refractivity contribution < 1.29 is 4.42 Å². The topological polar surface area (TPSA) is 67.4 Å². The third-order valence-electron chi connectivity index (χ3n) is 4.29. The summed E-state index contributed by atoms with van der Waals surface area (Å²) in [6, 6.07) is 8.10. The zero-order chi connectivity index (χ0) is 18.4. The van der Waals surface area contributed by atoms with Gasteiger partial charge >= 0.3 is 0 Å². The second-order valence-corrected chi connectivity index (χ2v) is 6.40. The molecule has 0 fully saturated rings. The van der Waals surface area contributed by atoms with E-state index < -0.39 is 0 Å². The van der Waals surface area contributed by atoms with Crippen LogP contribution in [0.25, 0.3) is 11.0 Å². The Hall–Kier alpha value is -2.76. The van der Waals surface area contributed by atoms with Gasteiger partial charge in [0, 0.05) is 36.8 Å². The van der Waals surface area contributed by atoms with Gasteiger partial charge in [-0.05, 0) is 38.8 Å². The molecule has 3 rings (SSSR count). The Bertz CT molecular complexity index is 877. The van der Waals surface area contributed by atoms with Crippen molar-refractivity contribution in [2.75, 3.05) is 13.1 Å². The monoisotopic (exact) mass is 353 g/mol. The molecule has 6 nitrogen and oxygen atoms in total. The normalized spacial score (nSPS) is 11.9. The molecule has 0 aliphatic rings. The van der Waals surface area contributed by atoms with Crippen LogP contribution in [-0.2, 0) is 13.1 Å². The molecule has 3 aromatic rings. The van der Waals surface area contributed by atoms with Gasteiger partial charge in [0.25, 0.3) is 0 Å². The van der Waals surface area contributed by atoms with Gasteiger partial charge in [0.05, 0.1) is 6.20 Å². The van der Waals surface area contributed by atoms with E-state index in [1.807, 2.05) is 29.1 Å². The van der Waals surface area contributed by atoms with E-state index in [4.69, 9.17) is 4.42 Å². The van der Waals surface area contributed by atoms with Crippen molar-refractivity contribution in [1.82, 2.24) is 20.4 Å². The van der Waals surface area contributed by atoms with Crippen molar-refractivity contribution in [1.29, 1.82) is 0 Å². The number of aryl methyl sites for hydroxylation is 3. The van der Waals surface area contributed by atoms with E-state index in [1.165, 1.54) is 5.56 Å². The molecule has 6 heteroatoms. The van der Waals surface area contributed by atoms with Crippen molar-refractivity contribution in [3.05, 3.63) is 53.5 Å². The van der Waals surface area contributed by atoms with E-state index in [-0.39, 0.29) is 0 Å². The van der Waals surface area contributed by atoms with Crippen LogP contribution >= 0.6 is 0 Å². The van der Waals surface area contributed by atoms with Crippen LogP contribution in [0, 0.1) is 13.8 Å². The summed E-state index contributed by atoms with van der Waals surface area (Å²) in [6.07, 6.45) is 4.92. The molecule has 0 amide bonds. The fourth-order valence-electron chi connectivity index (χ4n) is 2.91. The minimum atomic E-state index is 0.522. The molecule has 0 aliphatic carbocycles. The molecule has 2 aromatic heterocycles. The first-order chi connectivity index (χ1) is 12.7. The highest BCUT2D eigenvalue weighted by atomic mass is 16.3. The number of nitrogens with zero attached hydrogens (tertiary/aromatic N) is 3. The minimum absolute atomic E-state index is 0.522. The molecule has 0 radical (unpaired) electrons. The van der Waals surface area contributed by atoms with Crippen molar-refractivity contribution >= 4 is 16.9 Å². The van der Waals surface area contributed by atoms with Gasteiger partial charge in [-0.2, -0.15) is 5.10 Å². The highest BCUT2D eigenvalue weighted by molar-refractivity contribution is 5.82. The fourth-order valence-corrected chi connectivity index (χ4v) is 2.91. The number of hydrogen-bond acceptors (Lipinski definition) is 3. The number of guanidine groups is 1. The first kappa shape index (κ1) is 18.0. The molecule has 2 heterocycles. The van der Waals surface area contributed by atoms with Crippen molar-refractivity contribution in [2.45, 2.75) is 40.3 Å². The maximum atomic E-state index is 5.94. The Morgan fingerprint density at radius 1 is 1.23 bits per heavy atom. The molecule has 2 N–H and O–H groups in total. The highest BCUT2D eigenvalue weighted by Gasteiger charge is 2.09. The van der Waals surface area contributed by atoms with Crippen molar-refractivity contribution in [3.8, 4) is 0 Å². The van der Waals surface area contributed by atoms with Crippen LogP contribution in [0.3, 0.4) is 0 Å². The molecule has 26 heavy (non-hydrogen) atoms. The number of benzene rings is 1. The molecule has 0 atom stereocenters. The number of fused-ring (bicyclic) bond motifs is 1. The van der Waals surface area contributed by atoms with Gasteiger partial charge in [0.1, 0.15) is 17.9 Å². The van der Waals surface area contributed by atoms with Gasteiger partial charge in [-0.15, -0.1) is 0 Å². The fraction of sp³-hybridized carbons (Fsp3) is 0.400. The van der Waals surface area contributed by atoms with E-state index in [2.05, 4.69) is 53.8 Å². The standard InChI is InChI=1S/C20H27N5O/c1-4-21-20(22-10-7-11-25-14-15(2)12-24-25)23-13-19-16(3)17-8-5-6-9-18(17)26-19/h5-6,8-9,12,14H,4,7,10-11,13H2,1-3H3,(H2,21,22,23). The lowest BCUT2D eigenvalue weighted by molar-refractivity contribution is 0.546. The van der Waals surface area contributed by atoms with Crippen LogP contribution in [0.1, 0.15) is 30.2 Å². The number of nitrogens with one attached hydrogen (secondary N) is 2. The van der Waals surface area contributed by atoms with Crippen molar-refractivity contribution in [3.63, 3.8) is 0 Å². The van der Waals surface area contributed by atoms with E-state index >= 15 is 0 Å². The maximum Gasteiger partial charge on any atom is 0.191 e. The van der Waals surface area contributed by atoms with E-state index in [1.54, 1.807) is 0 Å². The Kier molecular flexibility index (Phi) is 5.94. The molecule has 0 saturated carbocycles. The molecule has 0 saturated heterocycles. The average Bonchev–Trinajstić information content (AvgIpc) is 3.20. The number of aromatic nitrogens is 2. The average molecular weight is 353 g/mol. The molecular weight excluding hydrogens is 326 g/mol. The number of hydrogen-bond donors (Lipinski definition) is 2. The van der Waals surface area contributed by atoms with E-state index in [9.17, 15) is 0 Å². The lowest BCUT2D eigenvalue weighted by Crippen LogP contribution is -2.38. The van der Waals surface area contributed by atoms with Gasteiger partial charge < -0.3 is 15.1 Å². The van der Waals surface area contributed by atoms with Crippen LogP contribution in [0.2, 0.25) is 0 Å². The summed E-state index contributed by atoms with van der Waals surface area (Å²) in [5.41, 5.74) is 3.27. The third-order valence-corrected chi connectivity index (χ3v) is 4.29. The number of rotatable bonds is 7. The Morgan fingerprint density at radius 2 is 2.08 bits per heavy atom. The first-order valence-corrected chi connectivity index (χ1v) is 9.15. The molecule has 0 unspecified atom stereocenters. The first-order valence-electron chi connectivity index (χ1n) is 9.15. The molecule has 1 aromatic carbocycles. The zero-order valence-electron chi connectivity index (χ0n) is 15.7. The van der Waals surface area contributed by atoms with Crippen LogP contribution in [0.15, 0.2) is 46.1 Å². The molecular formula is C20H27N5O. The van der Waals surface area contributed by atoms with E-state index in [0.717, 1.165) is 54.3 Å². The quantitative estimate of drug-likeness (QED) is 0.388. The predicted molar refractivity (Wildman–Crippen MR) is 105 cm³/mol. The Balaban J connectivity index is 1.56. The summed E-state index contributed by atoms with van der Waals surface area (Å²) in [6.45, 7) is 9.28. The minimum Gasteiger partial charge on any atom is -0.459 e. The molecule has 0 spiro atoms. The van der Waals surface area contributed by atoms with Gasteiger partial charge in [-0.3, -0.25) is 4.68 Å². The van der Waals surface area contributed by atoms with Crippen LogP contribution in [0.4, 0.5) is 0 Å². The van der Waals surface area contributed by atoms with Gasteiger partial charge in [-0.25, -0.2) is 4.99 Å². The highest BCUT2D eigenvalue weighted by Crippen LogP contribution is 2.25. The summed E-state index contributed by atoms with van der Waals surface area (Å²) in [7, 11) is 0. The molecule has 0 bridgehead atoms. The zero-order valence-corrected chi connectivity index (χ0v) is 15.7. The van der Waals surface area contributed by atoms with Crippen LogP contribution in [0.5, 0.6) is 0 Å². The Morgan fingerprint density at radius 3 is 2.81 bits per heavy atom. The lowest BCUT2D eigenvalue weighted by atomic mass is 10.1. The van der Waals surface area contributed by atoms with Crippen molar-refractivity contribution in [2.24, 2.45) is 4.99 Å². The van der Waals surface area contributed by atoms with Gasteiger partial charge in [-0.1, -0.05) is 18.2 Å². The summed E-state index contributed by atoms with van der Waals surface area (Å²) in [5.74, 6) is 1.72.